The van der Waals surface area contributed by atoms with Crippen LogP contribution in [-0.4, -0.2) is 22.3 Å². The summed E-state index contributed by atoms with van der Waals surface area (Å²) < 4.78 is 0. The summed E-state index contributed by atoms with van der Waals surface area (Å²) in [5, 5.41) is 1.33. The van der Waals surface area contributed by atoms with Crippen molar-refractivity contribution in [2.24, 2.45) is 5.73 Å². The van der Waals surface area contributed by atoms with Crippen LogP contribution in [0.15, 0.2) is 42.6 Å². The van der Waals surface area contributed by atoms with Gasteiger partial charge in [0.1, 0.15) is 0 Å². The first kappa shape index (κ1) is 17.8. The highest BCUT2D eigenvalue weighted by Crippen LogP contribution is 2.34. The summed E-state index contributed by atoms with van der Waals surface area (Å²) >= 11 is 0. The molecule has 0 unspecified atom stereocenters. The summed E-state index contributed by atoms with van der Waals surface area (Å²) in [7, 11) is 0. The molecule has 4 heteroatoms. The number of nitrogens with zero attached hydrogens (tertiary/aromatic N) is 1. The van der Waals surface area contributed by atoms with Gasteiger partial charge in [-0.05, 0) is 73.7 Å². The molecule has 0 spiro atoms. The van der Waals surface area contributed by atoms with Gasteiger partial charge in [-0.15, -0.1) is 0 Å². The number of fused-ring (bicyclic) bond motifs is 1. The fraction of sp³-hybridized carbons (Fsp3) is 0.348. The van der Waals surface area contributed by atoms with Crippen molar-refractivity contribution in [1.29, 1.82) is 0 Å². The van der Waals surface area contributed by atoms with E-state index >= 15 is 0 Å². The van der Waals surface area contributed by atoms with Gasteiger partial charge in [-0.1, -0.05) is 24.6 Å². The number of rotatable bonds is 4. The van der Waals surface area contributed by atoms with E-state index < -0.39 is 0 Å². The zero-order valence-electron chi connectivity index (χ0n) is 16.1. The van der Waals surface area contributed by atoms with E-state index in [-0.39, 0.29) is 5.91 Å². The first-order valence-electron chi connectivity index (χ1n) is 9.74. The summed E-state index contributed by atoms with van der Waals surface area (Å²) in [6.45, 7) is 6.43. The Morgan fingerprint density at radius 3 is 2.67 bits per heavy atom. The maximum Gasteiger partial charge on any atom is 0.248 e. The number of nitrogens with one attached hydrogen (secondary N) is 1. The Morgan fingerprint density at radius 2 is 1.93 bits per heavy atom. The molecule has 1 aromatic heterocycles. The summed E-state index contributed by atoms with van der Waals surface area (Å²) in [6, 6.07) is 12.7. The van der Waals surface area contributed by atoms with Crippen LogP contribution in [0.4, 0.5) is 0 Å². The average molecular weight is 361 g/mol. The number of H-pyrrole nitrogens is 1. The van der Waals surface area contributed by atoms with E-state index in [2.05, 4.69) is 48.0 Å². The van der Waals surface area contributed by atoms with Crippen molar-refractivity contribution in [1.82, 2.24) is 9.88 Å². The van der Waals surface area contributed by atoms with Crippen molar-refractivity contribution < 1.29 is 4.79 Å². The number of carbonyl (C=O) groups is 1. The van der Waals surface area contributed by atoms with Gasteiger partial charge in [0.2, 0.25) is 5.91 Å². The van der Waals surface area contributed by atoms with Crippen LogP contribution < -0.4 is 5.73 Å². The van der Waals surface area contributed by atoms with Crippen LogP contribution >= 0.6 is 0 Å². The highest BCUT2D eigenvalue weighted by atomic mass is 16.1. The van der Waals surface area contributed by atoms with E-state index in [0.29, 0.717) is 11.6 Å². The Kier molecular flexibility index (Phi) is 4.75. The number of amides is 1. The molecule has 27 heavy (non-hydrogen) atoms. The number of benzene rings is 2. The fourth-order valence-electron chi connectivity index (χ4n) is 4.48. The summed E-state index contributed by atoms with van der Waals surface area (Å²) in [4.78, 5) is 17.3. The molecule has 1 saturated heterocycles. The van der Waals surface area contributed by atoms with E-state index in [9.17, 15) is 4.79 Å². The zero-order valence-corrected chi connectivity index (χ0v) is 16.1. The molecule has 0 bridgehead atoms. The number of piperidine rings is 1. The second-order valence-electron chi connectivity index (χ2n) is 7.72. The topological polar surface area (TPSA) is 62.1 Å². The SMILES string of the molecule is Cc1cc(C)c2[nH]ccc2c1CN1CCCC[C@@H]1c1ccc(C(N)=O)cc1. The molecule has 3 aromatic rings. The van der Waals surface area contributed by atoms with Crippen molar-refractivity contribution in [3.63, 3.8) is 0 Å². The minimum atomic E-state index is -0.368. The molecule has 3 N–H and O–H groups in total. The number of aryl methyl sites for hydroxylation is 2. The number of carbonyl (C=O) groups excluding carboxylic acids is 1. The molecule has 4 rings (SSSR count). The predicted molar refractivity (Wildman–Crippen MR) is 110 cm³/mol. The molecular formula is C23H27N3O. The quantitative estimate of drug-likeness (QED) is 0.713. The van der Waals surface area contributed by atoms with Crippen LogP contribution in [0.25, 0.3) is 10.9 Å². The predicted octanol–water partition coefficient (Wildman–Crippen LogP) is 4.61. The van der Waals surface area contributed by atoms with Crippen molar-refractivity contribution in [3.05, 3.63) is 70.4 Å². The van der Waals surface area contributed by atoms with E-state index in [1.54, 1.807) is 0 Å². The second-order valence-corrected chi connectivity index (χ2v) is 7.72. The lowest BCUT2D eigenvalue weighted by Gasteiger charge is -2.36. The van der Waals surface area contributed by atoms with Gasteiger partial charge in [-0.2, -0.15) is 0 Å². The minimum absolute atomic E-state index is 0.368. The summed E-state index contributed by atoms with van der Waals surface area (Å²) in [6.07, 6.45) is 5.66. The normalized spacial score (nSPS) is 18.1. The van der Waals surface area contributed by atoms with Crippen LogP contribution in [0.2, 0.25) is 0 Å². The van der Waals surface area contributed by atoms with Crippen LogP contribution in [0.5, 0.6) is 0 Å². The molecule has 1 fully saturated rings. The molecule has 2 heterocycles. The van der Waals surface area contributed by atoms with E-state index in [4.69, 9.17) is 5.73 Å². The smallest absolute Gasteiger partial charge is 0.248 e. The third-order valence-electron chi connectivity index (χ3n) is 5.93. The Labute approximate surface area is 160 Å². The maximum absolute atomic E-state index is 11.4. The van der Waals surface area contributed by atoms with Crippen molar-refractivity contribution in [2.45, 2.75) is 45.7 Å². The van der Waals surface area contributed by atoms with Crippen LogP contribution in [0.3, 0.4) is 0 Å². The first-order valence-corrected chi connectivity index (χ1v) is 9.74. The molecule has 0 aliphatic carbocycles. The molecule has 140 valence electrons. The molecule has 1 amide bonds. The third-order valence-corrected chi connectivity index (χ3v) is 5.93. The number of nitrogens with two attached hydrogens (primary N) is 1. The number of hydrogen-bond donors (Lipinski definition) is 2. The molecule has 1 aliphatic rings. The molecule has 1 atom stereocenters. The molecule has 4 nitrogen and oxygen atoms in total. The lowest BCUT2D eigenvalue weighted by atomic mass is 9.92. The highest BCUT2D eigenvalue weighted by molar-refractivity contribution is 5.92. The largest absolute Gasteiger partial charge is 0.366 e. The molecule has 0 radical (unpaired) electrons. The van der Waals surface area contributed by atoms with Crippen LogP contribution in [0.1, 0.15) is 57.9 Å². The Balaban J connectivity index is 1.66. The Bertz CT molecular complexity index is 971. The average Bonchev–Trinajstić information content (AvgIpc) is 3.16. The number of likely N-dealkylation sites (tertiary alicyclic amines) is 1. The van der Waals surface area contributed by atoms with Gasteiger partial charge in [0, 0.05) is 35.2 Å². The molecular weight excluding hydrogens is 334 g/mol. The monoisotopic (exact) mass is 361 g/mol. The van der Waals surface area contributed by atoms with Gasteiger partial charge >= 0.3 is 0 Å². The number of hydrogen-bond acceptors (Lipinski definition) is 2. The van der Waals surface area contributed by atoms with Gasteiger partial charge in [0.15, 0.2) is 0 Å². The van der Waals surface area contributed by atoms with E-state index in [1.165, 1.54) is 46.0 Å². The standard InChI is InChI=1S/C23H27N3O/c1-15-13-16(2)22-19(10-11-25-22)20(15)14-26-12-4-3-5-21(26)17-6-8-18(9-7-17)23(24)27/h6-11,13,21,25H,3-5,12,14H2,1-2H3,(H2,24,27)/t21-/m1/s1. The second kappa shape index (κ2) is 7.20. The minimum Gasteiger partial charge on any atom is -0.366 e. The van der Waals surface area contributed by atoms with Gasteiger partial charge in [-0.25, -0.2) is 0 Å². The lowest BCUT2D eigenvalue weighted by Crippen LogP contribution is -2.33. The van der Waals surface area contributed by atoms with Crippen molar-refractivity contribution >= 4 is 16.8 Å². The highest BCUT2D eigenvalue weighted by Gasteiger charge is 2.25. The number of primary amides is 1. The lowest BCUT2D eigenvalue weighted by molar-refractivity contribution is 0.1000. The molecule has 0 saturated carbocycles. The van der Waals surface area contributed by atoms with Gasteiger partial charge in [0.25, 0.3) is 0 Å². The molecule has 2 aromatic carbocycles. The Morgan fingerprint density at radius 1 is 1.15 bits per heavy atom. The van der Waals surface area contributed by atoms with E-state index in [0.717, 1.165) is 19.5 Å². The summed E-state index contributed by atoms with van der Waals surface area (Å²) in [5.74, 6) is -0.368. The van der Waals surface area contributed by atoms with Gasteiger partial charge in [0.05, 0.1) is 0 Å². The Hall–Kier alpha value is -2.59. The zero-order chi connectivity index (χ0) is 19.0. The van der Waals surface area contributed by atoms with Crippen molar-refractivity contribution in [2.75, 3.05) is 6.54 Å². The summed E-state index contributed by atoms with van der Waals surface area (Å²) in [5.41, 5.74) is 12.6. The van der Waals surface area contributed by atoms with Gasteiger partial charge < -0.3 is 10.7 Å². The van der Waals surface area contributed by atoms with Crippen LogP contribution in [-0.2, 0) is 6.54 Å². The third kappa shape index (κ3) is 3.37. The maximum atomic E-state index is 11.4. The number of aromatic amines is 1. The van der Waals surface area contributed by atoms with Gasteiger partial charge in [-0.3, -0.25) is 9.69 Å². The fourth-order valence-corrected chi connectivity index (χ4v) is 4.48. The molecule has 1 aliphatic heterocycles. The number of aromatic nitrogens is 1. The first-order chi connectivity index (χ1) is 13.0. The van der Waals surface area contributed by atoms with Crippen molar-refractivity contribution in [3.8, 4) is 0 Å². The van der Waals surface area contributed by atoms with E-state index in [1.807, 2.05) is 18.3 Å². The van der Waals surface area contributed by atoms with Crippen LogP contribution in [0, 0.1) is 13.8 Å².